The van der Waals surface area contributed by atoms with Crippen molar-refractivity contribution >= 4 is 33.4 Å². The molecule has 1 aliphatic heterocycles. The molecule has 1 saturated heterocycles. The summed E-state index contributed by atoms with van der Waals surface area (Å²) in [6.07, 6.45) is 27.3. The molecule has 412 valence electrons. The van der Waals surface area contributed by atoms with Gasteiger partial charge in [-0.1, -0.05) is 137 Å². The van der Waals surface area contributed by atoms with Gasteiger partial charge in [0.1, 0.15) is 30.7 Å². The molecule has 0 radical (unpaired) electrons. The van der Waals surface area contributed by atoms with Gasteiger partial charge in [-0.05, 0) is 63.9 Å². The molecule has 1 aromatic heterocycles. The topological polar surface area (TPSA) is 326 Å². The fourth-order valence-electron chi connectivity index (χ4n) is 6.83. The third-order valence-corrected chi connectivity index (χ3v) is 13.4. The highest BCUT2D eigenvalue weighted by Crippen LogP contribution is 2.60. The Morgan fingerprint density at radius 3 is 2.10 bits per heavy atom. The van der Waals surface area contributed by atoms with Crippen LogP contribution in [0.4, 0.5) is 5.82 Å². The highest BCUT2D eigenvalue weighted by Gasteiger charge is 2.46. The number of rotatable bonds is 39. The first kappa shape index (κ1) is 64.9. The second kappa shape index (κ2) is 37.5. The molecule has 1 aliphatic rings. The number of aliphatic hydroxyl groups is 5. The van der Waals surface area contributed by atoms with Crippen LogP contribution in [0, 0.1) is 0 Å². The van der Waals surface area contributed by atoms with E-state index in [4.69, 9.17) is 29.0 Å². The van der Waals surface area contributed by atoms with Crippen LogP contribution in [0.5, 0.6) is 0 Å². The molecular weight excluding hydrogens is 993 g/mol. The summed E-state index contributed by atoms with van der Waals surface area (Å²) < 4.78 is 56.4. The number of hydrogen-bond acceptors (Lipinski definition) is 18. The summed E-state index contributed by atoms with van der Waals surface area (Å²) in [5, 5.41) is 51.6. The summed E-state index contributed by atoms with van der Waals surface area (Å²) >= 11 is 0. The van der Waals surface area contributed by atoms with Crippen LogP contribution in [-0.4, -0.2) is 119 Å². The lowest BCUT2D eigenvalue weighted by Gasteiger charge is -2.21. The van der Waals surface area contributed by atoms with E-state index in [1.807, 2.05) is 0 Å². The third-order valence-electron chi connectivity index (χ3n) is 10.8. The summed E-state index contributed by atoms with van der Waals surface area (Å²) in [4.78, 5) is 61.9. The Labute approximate surface area is 428 Å². The number of aromatic nitrogens is 2. The van der Waals surface area contributed by atoms with Crippen LogP contribution in [0.15, 0.2) is 102 Å². The largest absolute Gasteiger partial charge is 0.481 e. The maximum Gasteiger partial charge on any atom is 0.481 e. The van der Waals surface area contributed by atoms with Crippen molar-refractivity contribution in [2.45, 2.75) is 172 Å². The summed E-state index contributed by atoms with van der Waals surface area (Å²) in [6, 6.07) is 1.22. The number of carbonyl (C=O) groups excluding carboxylic acids is 2. The second-order valence-corrected chi connectivity index (χ2v) is 20.2. The first-order chi connectivity index (χ1) is 34.9. The molecule has 0 aromatic carbocycles. The average molecular weight is 1070 g/mol. The highest BCUT2D eigenvalue weighted by atomic mass is 31.3. The predicted molar refractivity (Wildman–Crippen MR) is 274 cm³/mol. The fraction of sp³-hybridized carbons (Fsp3) is 0.600. The minimum absolute atomic E-state index is 0.0235. The molecule has 0 amide bonds. The monoisotopic (exact) mass is 1070 g/mol. The molecule has 10 atom stereocenters. The summed E-state index contributed by atoms with van der Waals surface area (Å²) in [7, 11) is -11.0. The van der Waals surface area contributed by atoms with E-state index >= 15 is 0 Å². The van der Waals surface area contributed by atoms with Crippen molar-refractivity contribution in [2.75, 3.05) is 25.6 Å². The van der Waals surface area contributed by atoms with Crippen LogP contribution in [0.2, 0.25) is 0 Å². The van der Waals surface area contributed by atoms with Crippen molar-refractivity contribution < 1.29 is 81.6 Å². The zero-order valence-corrected chi connectivity index (χ0v) is 43.8. The SMILES string of the molecule is CC/C=C\C/C=C\C/C=C\CCCCCCCC(=O)OC[C@H](COP(=O)(O)OP(=O)(O)OC[C@H]1O[C@@H](n2ccc(N)nc2=O)[C@H](O)[C@@H]1O)OC(=O)CCC[C@H](O)[C@@H](O)/C=C/C=C/C=C\C=C\[C@@H](O)CCCCC. The van der Waals surface area contributed by atoms with Crippen LogP contribution >= 0.6 is 15.6 Å². The number of hydrogen-bond donors (Lipinski definition) is 8. The molecular formula is C50H79N3O18P2. The lowest BCUT2D eigenvalue weighted by Crippen LogP contribution is -2.36. The van der Waals surface area contributed by atoms with Gasteiger partial charge >= 0.3 is 33.3 Å². The molecule has 1 fully saturated rings. The Morgan fingerprint density at radius 2 is 1.40 bits per heavy atom. The van der Waals surface area contributed by atoms with Crippen molar-refractivity contribution in [3.05, 3.63) is 108 Å². The zero-order chi connectivity index (χ0) is 53.9. The summed E-state index contributed by atoms with van der Waals surface area (Å²) in [5.41, 5.74) is 4.55. The molecule has 2 rings (SSSR count). The number of allylic oxidation sites excluding steroid dienone is 12. The number of carbonyl (C=O) groups is 2. The lowest BCUT2D eigenvalue weighted by molar-refractivity contribution is -0.161. The number of anilines is 1. The Morgan fingerprint density at radius 1 is 0.767 bits per heavy atom. The van der Waals surface area contributed by atoms with Crippen molar-refractivity contribution in [1.29, 1.82) is 0 Å². The molecule has 0 bridgehead atoms. The van der Waals surface area contributed by atoms with Gasteiger partial charge in [0.25, 0.3) is 0 Å². The fourth-order valence-corrected chi connectivity index (χ4v) is 8.94. The van der Waals surface area contributed by atoms with Gasteiger partial charge in [0, 0.05) is 19.0 Å². The van der Waals surface area contributed by atoms with Gasteiger partial charge in [-0.2, -0.15) is 9.29 Å². The Kier molecular flexibility index (Phi) is 33.4. The molecule has 0 spiro atoms. The van der Waals surface area contributed by atoms with Gasteiger partial charge in [0.15, 0.2) is 12.3 Å². The minimum Gasteiger partial charge on any atom is -0.462 e. The van der Waals surface area contributed by atoms with Gasteiger partial charge in [0.05, 0.1) is 31.5 Å². The normalized spacial score (nSPS) is 21.0. The lowest BCUT2D eigenvalue weighted by atomic mass is 10.1. The number of phosphoric ester groups is 2. The number of ether oxygens (including phenoxy) is 3. The highest BCUT2D eigenvalue weighted by molar-refractivity contribution is 7.61. The van der Waals surface area contributed by atoms with Crippen molar-refractivity contribution in [1.82, 2.24) is 9.55 Å². The molecule has 73 heavy (non-hydrogen) atoms. The molecule has 2 unspecified atom stereocenters. The number of nitrogens with zero attached hydrogens (tertiary/aromatic N) is 2. The average Bonchev–Trinajstić information content (AvgIpc) is 3.62. The van der Waals surface area contributed by atoms with E-state index in [9.17, 15) is 58.8 Å². The first-order valence-electron chi connectivity index (χ1n) is 24.9. The quantitative estimate of drug-likeness (QED) is 0.0110. The number of nitrogen functional groups attached to an aromatic ring is 1. The number of phosphoric acid groups is 2. The van der Waals surface area contributed by atoms with E-state index in [2.05, 4.69) is 59.6 Å². The Bertz CT molecular complexity index is 2110. The maximum absolute atomic E-state index is 12.9. The molecule has 21 nitrogen and oxygen atoms in total. The van der Waals surface area contributed by atoms with E-state index in [0.29, 0.717) is 12.8 Å². The van der Waals surface area contributed by atoms with Crippen molar-refractivity contribution in [2.24, 2.45) is 0 Å². The number of aliphatic hydroxyl groups excluding tert-OH is 5. The summed E-state index contributed by atoms with van der Waals surface area (Å²) in [5.74, 6) is -1.68. The number of esters is 2. The van der Waals surface area contributed by atoms with E-state index in [-0.39, 0.29) is 31.5 Å². The van der Waals surface area contributed by atoms with Gasteiger partial charge in [-0.3, -0.25) is 23.2 Å². The third kappa shape index (κ3) is 30.1. The molecule has 9 N–H and O–H groups in total. The van der Waals surface area contributed by atoms with Crippen LogP contribution in [0.3, 0.4) is 0 Å². The van der Waals surface area contributed by atoms with Crippen LogP contribution < -0.4 is 11.4 Å². The number of unbranched alkanes of at least 4 members (excludes halogenated alkanes) is 7. The van der Waals surface area contributed by atoms with E-state index in [1.165, 1.54) is 18.2 Å². The summed E-state index contributed by atoms with van der Waals surface area (Å²) in [6.45, 7) is 1.57. The van der Waals surface area contributed by atoms with E-state index in [0.717, 1.165) is 81.4 Å². The molecule has 0 aliphatic carbocycles. The van der Waals surface area contributed by atoms with E-state index in [1.54, 1.807) is 36.5 Å². The minimum atomic E-state index is -5.52. The first-order valence-corrected chi connectivity index (χ1v) is 27.9. The Hall–Kier alpha value is -4.18. The van der Waals surface area contributed by atoms with Gasteiger partial charge in [-0.25, -0.2) is 13.9 Å². The molecule has 23 heteroatoms. The van der Waals surface area contributed by atoms with Crippen molar-refractivity contribution in [3.63, 3.8) is 0 Å². The standard InChI is InChI=1S/C50H79N3O18P2/c1-3-5-7-8-9-10-11-12-13-14-15-16-17-22-26-32-45(57)66-36-40(69-46(58)33-27-31-42(56)41(55)30-25-21-19-18-20-24-29-39(54)28-23-6-4-2)37-67-72(62,63)71-73(64,65)68-38-43-47(59)48(60)49(70-43)53-35-34-44(51)52-50(53)61/h5,7,9-10,12-13,18-21,24-25,29-30,34-35,39-43,47-49,54-56,59-60H,3-4,6,8,11,14-17,22-23,26-28,31-33,36-38H2,1-2H3,(H,62,63)(H,64,65)(H2,51,52,61)/b7-5-,10-9-,13-12-,20-18-,21-19+,29-24+,30-25+/t39-,40+,41-,42-,43+,47+,48+,49+/m0/s1. The zero-order valence-electron chi connectivity index (χ0n) is 42.0. The van der Waals surface area contributed by atoms with Crippen LogP contribution in [-0.2, 0) is 46.3 Å². The maximum atomic E-state index is 12.9. The smallest absolute Gasteiger partial charge is 0.462 e. The van der Waals surface area contributed by atoms with E-state index < -0.39 is 102 Å². The molecule has 2 heterocycles. The van der Waals surface area contributed by atoms with Gasteiger partial charge in [0.2, 0.25) is 0 Å². The number of nitrogens with two attached hydrogens (primary N) is 1. The molecule has 0 saturated carbocycles. The van der Waals surface area contributed by atoms with Crippen molar-refractivity contribution in [3.8, 4) is 0 Å². The second-order valence-electron chi connectivity index (χ2n) is 17.1. The van der Waals surface area contributed by atoms with Gasteiger partial charge < -0.3 is 55.3 Å². The molecule has 1 aromatic rings. The van der Waals surface area contributed by atoms with Crippen LogP contribution in [0.1, 0.15) is 129 Å². The Balaban J connectivity index is 1.91. The predicted octanol–water partition coefficient (Wildman–Crippen LogP) is 6.80. The van der Waals surface area contributed by atoms with Gasteiger partial charge in [-0.15, -0.1) is 0 Å². The van der Waals surface area contributed by atoms with Crippen LogP contribution in [0.25, 0.3) is 0 Å².